The quantitative estimate of drug-likeness (QED) is 0.929. The van der Waals surface area contributed by atoms with Gasteiger partial charge in [-0.3, -0.25) is 9.69 Å². The molecular formula is C16H23ClN2O. The molecule has 0 aliphatic carbocycles. The highest BCUT2D eigenvalue weighted by atomic mass is 35.5. The summed E-state index contributed by atoms with van der Waals surface area (Å²) in [6, 6.07) is 7.92. The van der Waals surface area contributed by atoms with Gasteiger partial charge in [0.05, 0.1) is 5.92 Å². The molecule has 2 rings (SSSR count). The molecule has 0 saturated carbocycles. The third-order valence-corrected chi connectivity index (χ3v) is 3.71. The van der Waals surface area contributed by atoms with Crippen LogP contribution in [0.3, 0.4) is 0 Å². The summed E-state index contributed by atoms with van der Waals surface area (Å²) in [5.41, 5.74) is 1.09. The van der Waals surface area contributed by atoms with Crippen LogP contribution in [0, 0.1) is 5.92 Å². The summed E-state index contributed by atoms with van der Waals surface area (Å²) in [6.45, 7) is 8.76. The Labute approximate surface area is 126 Å². The molecule has 20 heavy (non-hydrogen) atoms. The number of carbonyl (C=O) groups is 1. The number of likely N-dealkylation sites (tertiary alicyclic amines) is 1. The summed E-state index contributed by atoms with van der Waals surface area (Å²) in [7, 11) is 0. The molecule has 1 aromatic rings. The van der Waals surface area contributed by atoms with Gasteiger partial charge in [-0.1, -0.05) is 23.7 Å². The first kappa shape index (κ1) is 15.3. The second-order valence-electron chi connectivity index (χ2n) is 6.59. The van der Waals surface area contributed by atoms with Crippen LogP contribution in [-0.4, -0.2) is 29.4 Å². The molecule has 0 radical (unpaired) electrons. The van der Waals surface area contributed by atoms with Crippen LogP contribution in [-0.2, 0) is 11.3 Å². The summed E-state index contributed by atoms with van der Waals surface area (Å²) in [6.07, 6.45) is 0.940. The standard InChI is InChI=1S/C16H23ClN2O/c1-16(2,3)18-15(20)13-8-9-19(11-13)10-12-4-6-14(17)7-5-12/h4-7,13H,8-11H2,1-3H3,(H,18,20). The van der Waals surface area contributed by atoms with Gasteiger partial charge in [0.25, 0.3) is 0 Å². The number of nitrogens with one attached hydrogen (secondary N) is 1. The number of rotatable bonds is 3. The van der Waals surface area contributed by atoms with Crippen molar-refractivity contribution in [3.05, 3.63) is 34.9 Å². The van der Waals surface area contributed by atoms with E-state index < -0.39 is 0 Å². The first-order valence-corrected chi connectivity index (χ1v) is 7.50. The minimum Gasteiger partial charge on any atom is -0.351 e. The Morgan fingerprint density at radius 3 is 2.60 bits per heavy atom. The highest BCUT2D eigenvalue weighted by Gasteiger charge is 2.29. The Kier molecular flexibility index (Phi) is 4.71. The lowest BCUT2D eigenvalue weighted by Crippen LogP contribution is -2.44. The Bertz CT molecular complexity index is 464. The van der Waals surface area contributed by atoms with Crippen molar-refractivity contribution in [2.45, 2.75) is 39.3 Å². The predicted molar refractivity (Wildman–Crippen MR) is 82.7 cm³/mol. The van der Waals surface area contributed by atoms with Gasteiger partial charge in [0.2, 0.25) is 5.91 Å². The largest absolute Gasteiger partial charge is 0.351 e. The van der Waals surface area contributed by atoms with Crippen molar-refractivity contribution in [2.75, 3.05) is 13.1 Å². The highest BCUT2D eigenvalue weighted by molar-refractivity contribution is 6.30. The highest BCUT2D eigenvalue weighted by Crippen LogP contribution is 2.20. The zero-order chi connectivity index (χ0) is 14.8. The smallest absolute Gasteiger partial charge is 0.224 e. The van der Waals surface area contributed by atoms with Crippen molar-refractivity contribution in [1.29, 1.82) is 0 Å². The van der Waals surface area contributed by atoms with Crippen LogP contribution in [0.5, 0.6) is 0 Å². The average Bonchev–Trinajstić information content (AvgIpc) is 2.79. The van der Waals surface area contributed by atoms with Crippen molar-refractivity contribution in [2.24, 2.45) is 5.92 Å². The summed E-state index contributed by atoms with van der Waals surface area (Å²) in [5.74, 6) is 0.289. The monoisotopic (exact) mass is 294 g/mol. The maximum atomic E-state index is 12.1. The Morgan fingerprint density at radius 2 is 2.00 bits per heavy atom. The third-order valence-electron chi connectivity index (χ3n) is 3.46. The molecule has 1 N–H and O–H groups in total. The summed E-state index contributed by atoms with van der Waals surface area (Å²) in [4.78, 5) is 14.5. The zero-order valence-electron chi connectivity index (χ0n) is 12.4. The first-order chi connectivity index (χ1) is 9.33. The predicted octanol–water partition coefficient (Wildman–Crippen LogP) is 3.08. The molecule has 1 aliphatic rings. The van der Waals surface area contributed by atoms with Gasteiger partial charge in [-0.05, 0) is 51.4 Å². The molecule has 1 aliphatic heterocycles. The first-order valence-electron chi connectivity index (χ1n) is 7.12. The fraction of sp³-hybridized carbons (Fsp3) is 0.562. The van der Waals surface area contributed by atoms with E-state index in [-0.39, 0.29) is 17.4 Å². The molecule has 1 amide bonds. The summed E-state index contributed by atoms with van der Waals surface area (Å²) >= 11 is 5.89. The normalized spacial score (nSPS) is 20.1. The molecule has 1 fully saturated rings. The van der Waals surface area contributed by atoms with E-state index in [9.17, 15) is 4.79 Å². The SMILES string of the molecule is CC(C)(C)NC(=O)C1CCN(Cc2ccc(Cl)cc2)C1. The second-order valence-corrected chi connectivity index (χ2v) is 7.02. The maximum Gasteiger partial charge on any atom is 0.224 e. The number of halogens is 1. The van der Waals surface area contributed by atoms with Gasteiger partial charge in [-0.15, -0.1) is 0 Å². The van der Waals surface area contributed by atoms with E-state index >= 15 is 0 Å². The maximum absolute atomic E-state index is 12.1. The molecule has 4 heteroatoms. The van der Waals surface area contributed by atoms with E-state index in [4.69, 9.17) is 11.6 Å². The van der Waals surface area contributed by atoms with Crippen LogP contribution >= 0.6 is 11.6 Å². The van der Waals surface area contributed by atoms with Gasteiger partial charge >= 0.3 is 0 Å². The van der Waals surface area contributed by atoms with Crippen LogP contribution < -0.4 is 5.32 Å². The Hall–Kier alpha value is -1.06. The van der Waals surface area contributed by atoms with Crippen LogP contribution in [0.4, 0.5) is 0 Å². The lowest BCUT2D eigenvalue weighted by molar-refractivity contribution is -0.126. The van der Waals surface area contributed by atoms with Crippen LogP contribution in [0.2, 0.25) is 5.02 Å². The van der Waals surface area contributed by atoms with Gasteiger partial charge < -0.3 is 5.32 Å². The Morgan fingerprint density at radius 1 is 1.35 bits per heavy atom. The van der Waals surface area contributed by atoms with Gasteiger partial charge in [0.15, 0.2) is 0 Å². The van der Waals surface area contributed by atoms with Gasteiger partial charge in [-0.25, -0.2) is 0 Å². The van der Waals surface area contributed by atoms with E-state index in [1.807, 2.05) is 45.0 Å². The lowest BCUT2D eigenvalue weighted by Gasteiger charge is -2.23. The van der Waals surface area contributed by atoms with Gasteiger partial charge in [0, 0.05) is 23.7 Å². The van der Waals surface area contributed by atoms with Crippen molar-refractivity contribution in [3.63, 3.8) is 0 Å². The number of carbonyl (C=O) groups excluding carboxylic acids is 1. The van der Waals surface area contributed by atoms with E-state index in [0.717, 1.165) is 31.1 Å². The fourth-order valence-electron chi connectivity index (χ4n) is 2.51. The van der Waals surface area contributed by atoms with Crippen molar-refractivity contribution in [1.82, 2.24) is 10.2 Å². The van der Waals surface area contributed by atoms with E-state index in [1.165, 1.54) is 5.56 Å². The molecule has 0 aromatic heterocycles. The van der Waals surface area contributed by atoms with Gasteiger partial charge in [-0.2, -0.15) is 0 Å². The van der Waals surface area contributed by atoms with Crippen LogP contribution in [0.1, 0.15) is 32.8 Å². The van der Waals surface area contributed by atoms with E-state index in [1.54, 1.807) is 0 Å². The van der Waals surface area contributed by atoms with E-state index in [0.29, 0.717) is 0 Å². The molecular weight excluding hydrogens is 272 g/mol. The molecule has 1 aromatic carbocycles. The second kappa shape index (κ2) is 6.15. The summed E-state index contributed by atoms with van der Waals surface area (Å²) < 4.78 is 0. The summed E-state index contributed by atoms with van der Waals surface area (Å²) in [5, 5.41) is 3.83. The molecule has 1 saturated heterocycles. The van der Waals surface area contributed by atoms with Crippen LogP contribution in [0.15, 0.2) is 24.3 Å². The number of hydrogen-bond donors (Lipinski definition) is 1. The minimum absolute atomic E-state index is 0.113. The zero-order valence-corrected chi connectivity index (χ0v) is 13.2. The molecule has 1 heterocycles. The van der Waals surface area contributed by atoms with Crippen molar-refractivity contribution < 1.29 is 4.79 Å². The molecule has 1 unspecified atom stereocenters. The molecule has 110 valence electrons. The molecule has 1 atom stereocenters. The molecule has 0 bridgehead atoms. The minimum atomic E-state index is -0.152. The van der Waals surface area contributed by atoms with Gasteiger partial charge in [0.1, 0.15) is 0 Å². The Balaban J connectivity index is 1.86. The topological polar surface area (TPSA) is 32.3 Å². The third kappa shape index (κ3) is 4.50. The number of hydrogen-bond acceptors (Lipinski definition) is 2. The number of nitrogens with zero attached hydrogens (tertiary/aromatic N) is 1. The number of amides is 1. The molecule has 0 spiro atoms. The van der Waals surface area contributed by atoms with Crippen molar-refractivity contribution in [3.8, 4) is 0 Å². The number of benzene rings is 1. The molecule has 3 nitrogen and oxygen atoms in total. The van der Waals surface area contributed by atoms with E-state index in [2.05, 4.69) is 10.2 Å². The lowest BCUT2D eigenvalue weighted by atomic mass is 10.0. The average molecular weight is 295 g/mol. The van der Waals surface area contributed by atoms with Crippen molar-refractivity contribution >= 4 is 17.5 Å². The fourth-order valence-corrected chi connectivity index (χ4v) is 2.64. The van der Waals surface area contributed by atoms with Crippen LogP contribution in [0.25, 0.3) is 0 Å².